The van der Waals surface area contributed by atoms with Gasteiger partial charge >= 0.3 is 0 Å². The van der Waals surface area contributed by atoms with E-state index in [0.717, 1.165) is 42.9 Å². The molecule has 1 saturated carbocycles. The van der Waals surface area contributed by atoms with Crippen molar-refractivity contribution in [1.82, 2.24) is 20.1 Å². The van der Waals surface area contributed by atoms with Crippen LogP contribution in [0.3, 0.4) is 0 Å². The van der Waals surface area contributed by atoms with E-state index >= 15 is 0 Å². The van der Waals surface area contributed by atoms with Crippen molar-refractivity contribution in [3.8, 4) is 5.75 Å². The van der Waals surface area contributed by atoms with Crippen molar-refractivity contribution in [3.05, 3.63) is 95.2 Å². The van der Waals surface area contributed by atoms with E-state index in [1.807, 2.05) is 43.4 Å². The Morgan fingerprint density at radius 1 is 1.22 bits per heavy atom. The third-order valence-corrected chi connectivity index (χ3v) is 7.42. The summed E-state index contributed by atoms with van der Waals surface area (Å²) in [6.45, 7) is 8.05. The molecule has 2 heterocycles. The largest absolute Gasteiger partial charge is 0.494 e. The van der Waals surface area contributed by atoms with Crippen LogP contribution in [0.1, 0.15) is 63.1 Å². The highest BCUT2D eigenvalue weighted by Gasteiger charge is 2.29. The Morgan fingerprint density at radius 2 is 1.93 bits per heavy atom. The standard InChI is InChI=1S/C30H41N7O2.C5H9N/c1-6-7-10-22(25-12-9-14-27(30(25)39-5)35-28(20(2)31)15-29(32)33)16-36(4)24-18-37(19-24)17-23-11-8-13-26(34-23)21(3)38;1-6-4-5-2-3-5/h7-16,21,24,31,35,38H,6,17-19H2,1-5H3,(H3,32,33);4,6H,2-3H2,1H3/b10-7-,22-16+,28-15+,31-20?;. The summed E-state index contributed by atoms with van der Waals surface area (Å²) in [6, 6.07) is 12.0. The van der Waals surface area contributed by atoms with Gasteiger partial charge in [0.1, 0.15) is 11.6 Å². The van der Waals surface area contributed by atoms with Gasteiger partial charge in [0.05, 0.1) is 47.7 Å². The molecule has 10 nitrogen and oxygen atoms in total. The number of allylic oxidation sites excluding steroid dienone is 5. The Kier molecular flexibility index (Phi) is 13.4. The molecule has 242 valence electrons. The molecule has 0 radical (unpaired) electrons. The van der Waals surface area contributed by atoms with E-state index in [-0.39, 0.29) is 11.5 Å². The van der Waals surface area contributed by atoms with Gasteiger partial charge in [0, 0.05) is 57.1 Å². The van der Waals surface area contributed by atoms with Gasteiger partial charge in [0.15, 0.2) is 0 Å². The van der Waals surface area contributed by atoms with Gasteiger partial charge in [-0.1, -0.05) is 42.8 Å². The van der Waals surface area contributed by atoms with E-state index in [2.05, 4.69) is 63.9 Å². The van der Waals surface area contributed by atoms with Crippen LogP contribution in [0.4, 0.5) is 5.69 Å². The Hall–Kier alpha value is -4.41. The van der Waals surface area contributed by atoms with Crippen molar-refractivity contribution < 1.29 is 9.84 Å². The molecule has 1 aromatic heterocycles. The summed E-state index contributed by atoms with van der Waals surface area (Å²) in [4.78, 5) is 9.17. The minimum absolute atomic E-state index is 0.131. The fraction of sp³-hybridized carbons (Fsp3) is 0.400. The molecule has 0 spiro atoms. The number of hydrogen-bond donors (Lipinski definition) is 6. The van der Waals surface area contributed by atoms with Gasteiger partial charge in [-0.15, -0.1) is 0 Å². The maximum Gasteiger partial charge on any atom is 0.150 e. The van der Waals surface area contributed by atoms with Gasteiger partial charge in [0.2, 0.25) is 0 Å². The number of hydrogen-bond acceptors (Lipinski definition) is 9. The van der Waals surface area contributed by atoms with E-state index in [9.17, 15) is 5.11 Å². The first kappa shape index (κ1) is 35.1. The van der Waals surface area contributed by atoms with E-state index in [0.29, 0.717) is 28.9 Å². The number of aliphatic hydroxyl groups excluding tert-OH is 1. The Balaban J connectivity index is 0.000000821. The highest BCUT2D eigenvalue weighted by molar-refractivity contribution is 6.05. The quantitative estimate of drug-likeness (QED) is 0.0939. The molecule has 2 fully saturated rings. The molecule has 10 heteroatoms. The number of ether oxygens (including phenoxy) is 1. The lowest BCUT2D eigenvalue weighted by Gasteiger charge is -2.44. The highest BCUT2D eigenvalue weighted by atomic mass is 16.5. The number of nitrogens with zero attached hydrogens (tertiary/aromatic N) is 3. The Labute approximate surface area is 268 Å². The molecule has 7 N–H and O–H groups in total. The van der Waals surface area contributed by atoms with Crippen molar-refractivity contribution in [2.45, 2.75) is 58.7 Å². The molecule has 1 aliphatic heterocycles. The molecule has 2 aromatic rings. The van der Waals surface area contributed by atoms with Crippen LogP contribution >= 0.6 is 0 Å². The maximum atomic E-state index is 9.83. The normalized spacial score (nSPS) is 15.8. The zero-order chi connectivity index (χ0) is 32.9. The number of nitrogens with one attached hydrogen (secondary N) is 4. The molecule has 1 unspecified atom stereocenters. The number of nitrogens with two attached hydrogens (primary N) is 1. The summed E-state index contributed by atoms with van der Waals surface area (Å²) in [7, 11) is 5.66. The number of amidine groups is 1. The number of benzene rings is 1. The van der Waals surface area contributed by atoms with E-state index in [1.165, 1.54) is 18.9 Å². The number of likely N-dealkylation sites (tertiary alicyclic amines) is 1. The number of anilines is 1. The first-order valence-electron chi connectivity index (χ1n) is 15.4. The second-order valence-corrected chi connectivity index (χ2v) is 11.4. The number of aromatic nitrogens is 1. The molecule has 1 saturated heterocycles. The number of rotatable bonds is 14. The van der Waals surface area contributed by atoms with Crippen LogP contribution < -0.4 is 21.1 Å². The lowest BCUT2D eigenvalue weighted by atomic mass is 10.0. The van der Waals surface area contributed by atoms with Crippen LogP contribution in [-0.2, 0) is 6.54 Å². The van der Waals surface area contributed by atoms with Gasteiger partial charge in [-0.05, 0) is 57.5 Å². The molecule has 0 amide bonds. The average Bonchev–Trinajstić information content (AvgIpc) is 3.81. The van der Waals surface area contributed by atoms with Crippen molar-refractivity contribution in [2.24, 2.45) is 5.73 Å². The van der Waals surface area contributed by atoms with Crippen LogP contribution in [-0.4, -0.2) is 71.8 Å². The van der Waals surface area contributed by atoms with Crippen LogP contribution in [0.5, 0.6) is 5.75 Å². The zero-order valence-electron chi connectivity index (χ0n) is 27.5. The van der Waals surface area contributed by atoms with Crippen molar-refractivity contribution in [2.75, 3.05) is 39.6 Å². The van der Waals surface area contributed by atoms with E-state index in [1.54, 1.807) is 26.5 Å². The second kappa shape index (κ2) is 17.2. The summed E-state index contributed by atoms with van der Waals surface area (Å²) in [6.07, 6.45) is 12.8. The highest BCUT2D eigenvalue weighted by Crippen LogP contribution is 2.36. The molecule has 1 atom stereocenters. The molecule has 0 bridgehead atoms. The first-order valence-corrected chi connectivity index (χ1v) is 15.4. The van der Waals surface area contributed by atoms with Crippen LogP contribution in [0, 0.1) is 10.8 Å². The number of likely N-dealkylation sites (N-methyl/N-ethyl adjacent to an activating group) is 1. The Bertz CT molecular complexity index is 1430. The molecule has 1 aromatic carbocycles. The topological polar surface area (TPSA) is 147 Å². The summed E-state index contributed by atoms with van der Waals surface area (Å²) in [5, 5.41) is 31.7. The van der Waals surface area contributed by atoms with Gasteiger partial charge in [-0.3, -0.25) is 15.3 Å². The number of aliphatic hydroxyl groups is 1. The molecule has 2 aliphatic rings. The van der Waals surface area contributed by atoms with Gasteiger partial charge in [0.25, 0.3) is 0 Å². The monoisotopic (exact) mass is 614 g/mol. The number of pyridine rings is 1. The first-order chi connectivity index (χ1) is 21.6. The number of para-hydroxylation sites is 1. The smallest absolute Gasteiger partial charge is 0.150 e. The second-order valence-electron chi connectivity index (χ2n) is 11.4. The van der Waals surface area contributed by atoms with Crippen molar-refractivity contribution in [1.29, 1.82) is 10.8 Å². The summed E-state index contributed by atoms with van der Waals surface area (Å²) in [5.74, 6) is 0.515. The molecular formula is C35H50N8O2. The van der Waals surface area contributed by atoms with Crippen molar-refractivity contribution >= 4 is 22.8 Å². The third-order valence-electron chi connectivity index (χ3n) is 7.42. The molecule has 1 aliphatic carbocycles. The summed E-state index contributed by atoms with van der Waals surface area (Å²) >= 11 is 0. The lowest BCUT2D eigenvalue weighted by molar-refractivity contribution is 0.0665. The fourth-order valence-electron chi connectivity index (χ4n) is 4.79. The van der Waals surface area contributed by atoms with E-state index in [4.69, 9.17) is 21.3 Å². The molecule has 45 heavy (non-hydrogen) atoms. The summed E-state index contributed by atoms with van der Waals surface area (Å²) < 4.78 is 5.84. The number of methoxy groups -OCH3 is 1. The van der Waals surface area contributed by atoms with Crippen LogP contribution in [0.15, 0.2) is 78.3 Å². The van der Waals surface area contributed by atoms with Gasteiger partial charge in [-0.25, -0.2) is 0 Å². The average molecular weight is 615 g/mol. The van der Waals surface area contributed by atoms with Gasteiger partial charge < -0.3 is 36.5 Å². The van der Waals surface area contributed by atoms with Crippen LogP contribution in [0.25, 0.3) is 5.57 Å². The maximum absolute atomic E-state index is 9.83. The van der Waals surface area contributed by atoms with E-state index < -0.39 is 6.10 Å². The lowest BCUT2D eigenvalue weighted by Crippen LogP contribution is -2.56. The minimum atomic E-state index is -0.573. The molecular weight excluding hydrogens is 564 g/mol. The van der Waals surface area contributed by atoms with Crippen molar-refractivity contribution in [3.63, 3.8) is 0 Å². The zero-order valence-corrected chi connectivity index (χ0v) is 27.5. The fourth-order valence-corrected chi connectivity index (χ4v) is 4.79. The van der Waals surface area contributed by atoms with Crippen LogP contribution in [0.2, 0.25) is 0 Å². The minimum Gasteiger partial charge on any atom is -0.494 e. The predicted molar refractivity (Wildman–Crippen MR) is 185 cm³/mol. The SMILES string of the molecule is CC/C=C\C(=C/N(C)C1CN(Cc2cccc(C(C)O)n2)C1)c1cccc(N/C(=C/C(=N)N)C(C)=N)c1OC.CNC=C1CC1. The van der Waals surface area contributed by atoms with Gasteiger partial charge in [-0.2, -0.15) is 0 Å². The Morgan fingerprint density at radius 3 is 2.49 bits per heavy atom. The molecule has 4 rings (SSSR count). The third kappa shape index (κ3) is 10.9. The predicted octanol–water partition coefficient (Wildman–Crippen LogP) is 5.42. The summed E-state index contributed by atoms with van der Waals surface area (Å²) in [5.41, 5.74) is 12.1.